The SMILES string of the molecule is CCn1cnc(CN2CCOCC2)c1. The minimum absolute atomic E-state index is 0.856. The topological polar surface area (TPSA) is 30.3 Å². The summed E-state index contributed by atoms with van der Waals surface area (Å²) in [5, 5.41) is 0. The molecule has 2 heterocycles. The van der Waals surface area contributed by atoms with E-state index in [0.29, 0.717) is 0 Å². The van der Waals surface area contributed by atoms with Gasteiger partial charge in [0.1, 0.15) is 0 Å². The maximum absolute atomic E-state index is 5.30. The van der Waals surface area contributed by atoms with Gasteiger partial charge in [-0.2, -0.15) is 0 Å². The van der Waals surface area contributed by atoms with Crippen LogP contribution in [0, 0.1) is 0 Å². The van der Waals surface area contributed by atoms with Gasteiger partial charge in [-0.1, -0.05) is 0 Å². The molecule has 1 fully saturated rings. The third kappa shape index (κ3) is 2.33. The van der Waals surface area contributed by atoms with Gasteiger partial charge in [-0.3, -0.25) is 4.90 Å². The molecule has 78 valence electrons. The first kappa shape index (κ1) is 9.68. The lowest BCUT2D eigenvalue weighted by molar-refractivity contribution is 0.0337. The number of nitrogens with zero attached hydrogens (tertiary/aromatic N) is 3. The zero-order chi connectivity index (χ0) is 9.80. The fraction of sp³-hybridized carbons (Fsp3) is 0.700. The summed E-state index contributed by atoms with van der Waals surface area (Å²) in [6, 6.07) is 0. The third-order valence-corrected chi connectivity index (χ3v) is 2.54. The third-order valence-electron chi connectivity index (χ3n) is 2.54. The molecule has 4 heteroatoms. The Hall–Kier alpha value is -0.870. The van der Waals surface area contributed by atoms with Crippen molar-refractivity contribution in [2.45, 2.75) is 20.0 Å². The molecule has 0 amide bonds. The highest BCUT2D eigenvalue weighted by Gasteiger charge is 2.11. The Kier molecular flexibility index (Phi) is 3.16. The summed E-state index contributed by atoms with van der Waals surface area (Å²) in [4.78, 5) is 6.74. The van der Waals surface area contributed by atoms with Crippen LogP contribution in [-0.4, -0.2) is 40.8 Å². The van der Waals surface area contributed by atoms with E-state index in [4.69, 9.17) is 4.74 Å². The van der Waals surface area contributed by atoms with Crippen LogP contribution in [-0.2, 0) is 17.8 Å². The second-order valence-electron chi connectivity index (χ2n) is 3.58. The lowest BCUT2D eigenvalue weighted by atomic mass is 10.3. The van der Waals surface area contributed by atoms with E-state index in [1.54, 1.807) is 0 Å². The molecular formula is C10H17N3O. The van der Waals surface area contributed by atoms with Gasteiger partial charge < -0.3 is 9.30 Å². The number of imidazole rings is 1. The van der Waals surface area contributed by atoms with Crippen LogP contribution in [0.1, 0.15) is 12.6 Å². The minimum Gasteiger partial charge on any atom is -0.379 e. The minimum atomic E-state index is 0.856. The monoisotopic (exact) mass is 195 g/mol. The molecule has 1 saturated heterocycles. The molecule has 1 aromatic heterocycles. The zero-order valence-corrected chi connectivity index (χ0v) is 8.65. The molecule has 4 nitrogen and oxygen atoms in total. The summed E-state index contributed by atoms with van der Waals surface area (Å²) in [6.07, 6.45) is 4.02. The largest absolute Gasteiger partial charge is 0.379 e. The van der Waals surface area contributed by atoms with Gasteiger partial charge >= 0.3 is 0 Å². The van der Waals surface area contributed by atoms with Crippen LogP contribution in [0.5, 0.6) is 0 Å². The Balaban J connectivity index is 1.89. The molecule has 0 aromatic carbocycles. The molecule has 0 atom stereocenters. The summed E-state index contributed by atoms with van der Waals surface area (Å²) in [5.41, 5.74) is 1.16. The quantitative estimate of drug-likeness (QED) is 0.712. The highest BCUT2D eigenvalue weighted by atomic mass is 16.5. The molecule has 1 aliphatic heterocycles. The fourth-order valence-corrected chi connectivity index (χ4v) is 1.65. The number of aromatic nitrogens is 2. The standard InChI is InChI=1S/C10H17N3O/c1-2-12-7-10(11-9-12)8-13-3-5-14-6-4-13/h7,9H,2-6,8H2,1H3. The molecule has 0 unspecified atom stereocenters. The Morgan fingerprint density at radius 1 is 1.43 bits per heavy atom. The Labute approximate surface area is 84.5 Å². The maximum Gasteiger partial charge on any atom is 0.0949 e. The van der Waals surface area contributed by atoms with Crippen molar-refractivity contribution < 1.29 is 4.74 Å². The molecule has 0 saturated carbocycles. The van der Waals surface area contributed by atoms with Crippen LogP contribution in [0.2, 0.25) is 0 Å². The zero-order valence-electron chi connectivity index (χ0n) is 8.65. The second-order valence-corrected chi connectivity index (χ2v) is 3.58. The molecule has 0 N–H and O–H groups in total. The van der Waals surface area contributed by atoms with E-state index in [2.05, 4.69) is 27.6 Å². The normalized spacial score (nSPS) is 18.6. The second kappa shape index (κ2) is 4.57. The van der Waals surface area contributed by atoms with E-state index in [1.807, 2.05) is 6.33 Å². The van der Waals surface area contributed by atoms with Crippen LogP contribution in [0.3, 0.4) is 0 Å². The van der Waals surface area contributed by atoms with Gasteiger partial charge in [-0.25, -0.2) is 4.98 Å². The Morgan fingerprint density at radius 3 is 2.86 bits per heavy atom. The first-order valence-corrected chi connectivity index (χ1v) is 5.19. The number of aryl methyl sites for hydroxylation is 1. The average Bonchev–Trinajstić information content (AvgIpc) is 2.67. The summed E-state index contributed by atoms with van der Waals surface area (Å²) in [7, 11) is 0. The Morgan fingerprint density at radius 2 is 2.21 bits per heavy atom. The van der Waals surface area contributed by atoms with Crippen molar-refractivity contribution in [1.82, 2.24) is 14.5 Å². The number of hydrogen-bond donors (Lipinski definition) is 0. The predicted molar refractivity (Wildman–Crippen MR) is 54.0 cm³/mol. The van der Waals surface area contributed by atoms with Crippen LogP contribution in [0.15, 0.2) is 12.5 Å². The van der Waals surface area contributed by atoms with Crippen molar-refractivity contribution in [3.8, 4) is 0 Å². The molecule has 0 spiro atoms. The van der Waals surface area contributed by atoms with Crippen LogP contribution >= 0.6 is 0 Å². The number of ether oxygens (including phenoxy) is 1. The smallest absolute Gasteiger partial charge is 0.0949 e. The van der Waals surface area contributed by atoms with Crippen molar-refractivity contribution in [1.29, 1.82) is 0 Å². The first-order valence-electron chi connectivity index (χ1n) is 5.19. The van der Waals surface area contributed by atoms with Crippen molar-refractivity contribution in [3.05, 3.63) is 18.2 Å². The van der Waals surface area contributed by atoms with Gasteiger partial charge in [-0.05, 0) is 6.92 Å². The van der Waals surface area contributed by atoms with Gasteiger partial charge in [0, 0.05) is 32.4 Å². The van der Waals surface area contributed by atoms with Crippen LogP contribution in [0.25, 0.3) is 0 Å². The lowest BCUT2D eigenvalue weighted by Gasteiger charge is -2.25. The highest BCUT2D eigenvalue weighted by molar-refractivity contribution is 4.96. The van der Waals surface area contributed by atoms with Gasteiger partial charge in [-0.15, -0.1) is 0 Å². The van der Waals surface area contributed by atoms with Crippen molar-refractivity contribution in [3.63, 3.8) is 0 Å². The highest BCUT2D eigenvalue weighted by Crippen LogP contribution is 2.04. The molecular weight excluding hydrogens is 178 g/mol. The summed E-state index contributed by atoms with van der Waals surface area (Å²) >= 11 is 0. The van der Waals surface area contributed by atoms with E-state index in [1.165, 1.54) is 0 Å². The molecule has 14 heavy (non-hydrogen) atoms. The summed E-state index contributed by atoms with van der Waals surface area (Å²) < 4.78 is 7.40. The van der Waals surface area contributed by atoms with E-state index in [0.717, 1.165) is 45.1 Å². The molecule has 1 aliphatic rings. The summed E-state index contributed by atoms with van der Waals surface area (Å²) in [6.45, 7) is 7.84. The molecule has 1 aromatic rings. The molecule has 0 radical (unpaired) electrons. The molecule has 2 rings (SSSR count). The number of rotatable bonds is 3. The predicted octanol–water partition coefficient (Wildman–Crippen LogP) is 0.735. The van der Waals surface area contributed by atoms with Gasteiger partial charge in [0.15, 0.2) is 0 Å². The van der Waals surface area contributed by atoms with Crippen molar-refractivity contribution >= 4 is 0 Å². The van der Waals surface area contributed by atoms with Crippen LogP contribution < -0.4 is 0 Å². The number of morpholine rings is 1. The van der Waals surface area contributed by atoms with Gasteiger partial charge in [0.05, 0.1) is 25.2 Å². The molecule has 0 bridgehead atoms. The van der Waals surface area contributed by atoms with Gasteiger partial charge in [0.25, 0.3) is 0 Å². The first-order chi connectivity index (χ1) is 6.88. The van der Waals surface area contributed by atoms with Crippen LogP contribution in [0.4, 0.5) is 0 Å². The van der Waals surface area contributed by atoms with Crippen molar-refractivity contribution in [2.75, 3.05) is 26.3 Å². The van der Waals surface area contributed by atoms with Crippen molar-refractivity contribution in [2.24, 2.45) is 0 Å². The van der Waals surface area contributed by atoms with E-state index >= 15 is 0 Å². The molecule has 0 aliphatic carbocycles. The Bertz CT molecular complexity index is 279. The van der Waals surface area contributed by atoms with E-state index < -0.39 is 0 Å². The number of hydrogen-bond acceptors (Lipinski definition) is 3. The van der Waals surface area contributed by atoms with Gasteiger partial charge in [0.2, 0.25) is 0 Å². The van der Waals surface area contributed by atoms with E-state index in [-0.39, 0.29) is 0 Å². The maximum atomic E-state index is 5.30. The fourth-order valence-electron chi connectivity index (χ4n) is 1.65. The lowest BCUT2D eigenvalue weighted by Crippen LogP contribution is -2.35. The summed E-state index contributed by atoms with van der Waals surface area (Å²) in [5.74, 6) is 0. The van der Waals surface area contributed by atoms with E-state index in [9.17, 15) is 0 Å². The average molecular weight is 195 g/mol.